The van der Waals surface area contributed by atoms with Crippen molar-refractivity contribution in [1.82, 2.24) is 10.2 Å². The summed E-state index contributed by atoms with van der Waals surface area (Å²) in [5.74, 6) is 0.273. The van der Waals surface area contributed by atoms with E-state index >= 15 is 0 Å². The van der Waals surface area contributed by atoms with Crippen LogP contribution in [-0.4, -0.2) is 56.1 Å². The van der Waals surface area contributed by atoms with Crippen LogP contribution in [-0.2, 0) is 14.3 Å². The summed E-state index contributed by atoms with van der Waals surface area (Å²) >= 11 is 0. The van der Waals surface area contributed by atoms with Crippen LogP contribution in [0.3, 0.4) is 0 Å². The number of nitrogens with one attached hydrogen (secondary N) is 1. The summed E-state index contributed by atoms with van der Waals surface area (Å²) in [6.45, 7) is 8.91. The number of carbonyl (C=O) groups is 2. The van der Waals surface area contributed by atoms with Crippen LogP contribution < -0.4 is 11.1 Å². The lowest BCUT2D eigenvalue weighted by atomic mass is 9.88. The molecule has 3 N–H and O–H groups in total. The molecule has 6 heteroatoms. The molecule has 0 aromatic rings. The average Bonchev–Trinajstić information content (AvgIpc) is 2.44. The van der Waals surface area contributed by atoms with Gasteiger partial charge in [-0.15, -0.1) is 0 Å². The Balaban J connectivity index is 2.60. The third-order valence-electron chi connectivity index (χ3n) is 4.06. The van der Waals surface area contributed by atoms with Crippen LogP contribution in [0.5, 0.6) is 0 Å². The molecule has 0 aliphatic carbocycles. The molecule has 6 nitrogen and oxygen atoms in total. The predicted molar refractivity (Wildman–Crippen MR) is 86.2 cm³/mol. The van der Waals surface area contributed by atoms with E-state index in [9.17, 15) is 9.59 Å². The van der Waals surface area contributed by atoms with Gasteiger partial charge in [-0.25, -0.2) is 0 Å². The van der Waals surface area contributed by atoms with E-state index in [4.69, 9.17) is 10.5 Å². The van der Waals surface area contributed by atoms with Gasteiger partial charge in [0.25, 0.3) is 0 Å². The normalized spacial score (nSPS) is 23.1. The number of esters is 1. The van der Waals surface area contributed by atoms with Gasteiger partial charge in [-0.1, -0.05) is 20.8 Å². The summed E-state index contributed by atoms with van der Waals surface area (Å²) in [5.41, 5.74) is 5.27. The van der Waals surface area contributed by atoms with Gasteiger partial charge in [0.15, 0.2) is 0 Å². The second-order valence-corrected chi connectivity index (χ2v) is 7.19. The molecule has 1 rings (SSSR count). The number of piperidine rings is 1. The summed E-state index contributed by atoms with van der Waals surface area (Å²) in [7, 11) is 1.41. The largest absolute Gasteiger partial charge is 0.469 e. The van der Waals surface area contributed by atoms with Crippen molar-refractivity contribution in [2.45, 2.75) is 46.1 Å². The molecule has 0 aromatic carbocycles. The van der Waals surface area contributed by atoms with E-state index in [-0.39, 0.29) is 17.9 Å². The summed E-state index contributed by atoms with van der Waals surface area (Å²) in [6, 6.07) is 0.120. The van der Waals surface area contributed by atoms with E-state index in [2.05, 4.69) is 10.2 Å². The van der Waals surface area contributed by atoms with E-state index in [1.807, 2.05) is 20.8 Å². The number of amides is 1. The molecule has 1 saturated heterocycles. The first-order valence-electron chi connectivity index (χ1n) is 8.06. The number of hydrogen-bond donors (Lipinski definition) is 2. The summed E-state index contributed by atoms with van der Waals surface area (Å²) in [4.78, 5) is 25.8. The molecule has 0 aromatic heterocycles. The molecule has 0 radical (unpaired) electrons. The zero-order chi connectivity index (χ0) is 16.8. The molecule has 1 heterocycles. The Morgan fingerprint density at radius 3 is 2.55 bits per heavy atom. The Hall–Kier alpha value is -1.14. The Morgan fingerprint density at radius 2 is 2.00 bits per heavy atom. The van der Waals surface area contributed by atoms with Gasteiger partial charge in [0.05, 0.1) is 7.11 Å². The molecule has 22 heavy (non-hydrogen) atoms. The van der Waals surface area contributed by atoms with Gasteiger partial charge < -0.3 is 15.8 Å². The lowest BCUT2D eigenvalue weighted by molar-refractivity contribution is -0.141. The zero-order valence-electron chi connectivity index (χ0n) is 14.4. The third kappa shape index (κ3) is 6.32. The number of hydrogen-bond acceptors (Lipinski definition) is 5. The second kappa shape index (κ2) is 8.48. The molecule has 1 fully saturated rings. The first kappa shape index (κ1) is 18.9. The minimum atomic E-state index is -0.391. The smallest absolute Gasteiger partial charge is 0.305 e. The van der Waals surface area contributed by atoms with Crippen LogP contribution in [0.2, 0.25) is 0 Å². The molecule has 1 aliphatic rings. The fourth-order valence-corrected chi connectivity index (χ4v) is 2.81. The van der Waals surface area contributed by atoms with Crippen molar-refractivity contribution in [3.8, 4) is 0 Å². The fourth-order valence-electron chi connectivity index (χ4n) is 2.81. The minimum Gasteiger partial charge on any atom is -0.469 e. The van der Waals surface area contributed by atoms with Crippen molar-refractivity contribution in [1.29, 1.82) is 0 Å². The molecule has 128 valence electrons. The maximum absolute atomic E-state index is 12.2. The second-order valence-electron chi connectivity index (χ2n) is 7.19. The van der Waals surface area contributed by atoms with Crippen LogP contribution in [0.15, 0.2) is 0 Å². The summed E-state index contributed by atoms with van der Waals surface area (Å²) < 4.78 is 4.71. The van der Waals surface area contributed by atoms with E-state index in [1.54, 1.807) is 0 Å². The van der Waals surface area contributed by atoms with Gasteiger partial charge in [-0.2, -0.15) is 0 Å². The molecule has 2 atom stereocenters. The molecular formula is C16H31N3O3. The van der Waals surface area contributed by atoms with Crippen molar-refractivity contribution in [2.75, 3.05) is 33.3 Å². The number of nitrogens with zero attached hydrogens (tertiary/aromatic N) is 1. The van der Waals surface area contributed by atoms with Crippen molar-refractivity contribution in [3.63, 3.8) is 0 Å². The van der Waals surface area contributed by atoms with Gasteiger partial charge >= 0.3 is 5.97 Å². The Bertz CT molecular complexity index is 379. The van der Waals surface area contributed by atoms with E-state index in [0.717, 1.165) is 32.5 Å². The Labute approximate surface area is 133 Å². The quantitative estimate of drug-likeness (QED) is 0.707. The van der Waals surface area contributed by atoms with Crippen molar-refractivity contribution < 1.29 is 14.3 Å². The van der Waals surface area contributed by atoms with Crippen LogP contribution in [0.25, 0.3) is 0 Å². The number of rotatable bonds is 6. The average molecular weight is 313 g/mol. The highest BCUT2D eigenvalue weighted by atomic mass is 16.5. The van der Waals surface area contributed by atoms with E-state index in [0.29, 0.717) is 18.9 Å². The molecule has 0 spiro atoms. The highest BCUT2D eigenvalue weighted by molar-refractivity contribution is 5.81. The monoisotopic (exact) mass is 313 g/mol. The SMILES string of the molecule is COC(=O)CCC1CC(NC(=O)C(C)(C)C)CN(CCN)C1. The molecule has 1 aliphatic heterocycles. The van der Waals surface area contributed by atoms with Crippen LogP contribution in [0.4, 0.5) is 0 Å². The number of likely N-dealkylation sites (tertiary alicyclic amines) is 1. The molecule has 0 bridgehead atoms. The highest BCUT2D eigenvalue weighted by Gasteiger charge is 2.30. The van der Waals surface area contributed by atoms with E-state index in [1.165, 1.54) is 7.11 Å². The van der Waals surface area contributed by atoms with Crippen LogP contribution in [0, 0.1) is 11.3 Å². The third-order valence-corrected chi connectivity index (χ3v) is 4.06. The first-order chi connectivity index (χ1) is 10.3. The Morgan fingerprint density at radius 1 is 1.32 bits per heavy atom. The van der Waals surface area contributed by atoms with Crippen molar-refractivity contribution in [2.24, 2.45) is 17.1 Å². The van der Waals surface area contributed by atoms with Gasteiger partial charge in [0.1, 0.15) is 0 Å². The van der Waals surface area contributed by atoms with Crippen LogP contribution in [0.1, 0.15) is 40.0 Å². The van der Waals surface area contributed by atoms with E-state index < -0.39 is 5.41 Å². The standard InChI is InChI=1S/C16H31N3O3/c1-16(2,3)15(21)18-13-9-12(5-6-14(20)22-4)10-19(11-13)8-7-17/h12-13H,5-11,17H2,1-4H3,(H,18,21). The number of methoxy groups -OCH3 is 1. The maximum atomic E-state index is 12.2. The number of nitrogens with two attached hydrogens (primary N) is 1. The molecule has 2 unspecified atom stereocenters. The number of ether oxygens (including phenoxy) is 1. The minimum absolute atomic E-state index is 0.0683. The number of carbonyl (C=O) groups excluding carboxylic acids is 2. The molecular weight excluding hydrogens is 282 g/mol. The lowest BCUT2D eigenvalue weighted by Gasteiger charge is -2.38. The summed E-state index contributed by atoms with van der Waals surface area (Å²) in [5, 5.41) is 3.14. The van der Waals surface area contributed by atoms with Gasteiger partial charge in [-0.05, 0) is 18.8 Å². The topological polar surface area (TPSA) is 84.7 Å². The highest BCUT2D eigenvalue weighted by Crippen LogP contribution is 2.23. The van der Waals surface area contributed by atoms with Crippen molar-refractivity contribution >= 4 is 11.9 Å². The fraction of sp³-hybridized carbons (Fsp3) is 0.875. The first-order valence-corrected chi connectivity index (χ1v) is 8.06. The van der Waals surface area contributed by atoms with Gasteiger partial charge in [0, 0.05) is 44.1 Å². The Kier molecular flexibility index (Phi) is 7.29. The van der Waals surface area contributed by atoms with Gasteiger partial charge in [-0.3, -0.25) is 14.5 Å². The zero-order valence-corrected chi connectivity index (χ0v) is 14.4. The summed E-state index contributed by atoms with van der Waals surface area (Å²) in [6.07, 6.45) is 2.12. The lowest BCUT2D eigenvalue weighted by Crippen LogP contribution is -2.53. The van der Waals surface area contributed by atoms with Gasteiger partial charge in [0.2, 0.25) is 5.91 Å². The molecule has 1 amide bonds. The predicted octanol–water partition coefficient (Wildman–Crippen LogP) is 0.751. The van der Waals surface area contributed by atoms with Crippen molar-refractivity contribution in [3.05, 3.63) is 0 Å². The maximum Gasteiger partial charge on any atom is 0.305 e. The molecule has 0 saturated carbocycles. The van der Waals surface area contributed by atoms with Crippen LogP contribution >= 0.6 is 0 Å².